The van der Waals surface area contributed by atoms with Crippen LogP contribution in [-0.2, 0) is 13.3 Å². The molecule has 2 aromatic rings. The van der Waals surface area contributed by atoms with Gasteiger partial charge in [-0.2, -0.15) is 0 Å². The molecule has 1 fully saturated rings. The van der Waals surface area contributed by atoms with E-state index in [1.807, 2.05) is 30.3 Å². The zero-order chi connectivity index (χ0) is 15.4. The van der Waals surface area contributed by atoms with Crippen LogP contribution in [0.1, 0.15) is 32.1 Å². The summed E-state index contributed by atoms with van der Waals surface area (Å²) in [5.41, 5.74) is 0. The third-order valence-corrected chi connectivity index (χ3v) is 4.30. The first-order valence-corrected chi connectivity index (χ1v) is 8.12. The van der Waals surface area contributed by atoms with Gasteiger partial charge in [-0.25, -0.2) is 4.68 Å². The number of aromatic nitrogens is 2. The van der Waals surface area contributed by atoms with E-state index in [0.29, 0.717) is 23.4 Å². The second-order valence-corrected chi connectivity index (χ2v) is 6.01. The molecule has 0 N–H and O–H groups in total. The standard InChI is InChI=1S/C16H21N3O2S/c1-13-7-5-6-10-18(13)12-19-16(22)21-15(17-19)11-20-14-8-3-2-4-9-14/h2-4,8-9,13H,5-7,10-12H2,1H3/t13-/m0/s1. The van der Waals surface area contributed by atoms with Crippen LogP contribution in [0.15, 0.2) is 34.7 Å². The molecule has 0 aliphatic carbocycles. The molecule has 1 aromatic heterocycles. The van der Waals surface area contributed by atoms with E-state index in [2.05, 4.69) is 16.9 Å². The van der Waals surface area contributed by atoms with Gasteiger partial charge < -0.3 is 9.15 Å². The maximum atomic E-state index is 5.64. The predicted octanol–water partition coefficient (Wildman–Crippen LogP) is 3.62. The van der Waals surface area contributed by atoms with Gasteiger partial charge in [0.15, 0.2) is 6.61 Å². The van der Waals surface area contributed by atoms with Crippen LogP contribution in [0.4, 0.5) is 0 Å². The highest BCUT2D eigenvalue weighted by molar-refractivity contribution is 7.71. The van der Waals surface area contributed by atoms with Gasteiger partial charge in [-0.15, -0.1) is 5.10 Å². The number of piperidine rings is 1. The summed E-state index contributed by atoms with van der Waals surface area (Å²) in [6.07, 6.45) is 3.77. The molecule has 1 aliphatic heterocycles. The molecular weight excluding hydrogens is 298 g/mol. The second kappa shape index (κ2) is 7.07. The Morgan fingerprint density at radius 1 is 1.32 bits per heavy atom. The van der Waals surface area contributed by atoms with Crippen molar-refractivity contribution in [3.05, 3.63) is 41.1 Å². The van der Waals surface area contributed by atoms with Crippen LogP contribution in [0, 0.1) is 4.84 Å². The molecule has 0 saturated carbocycles. The fourth-order valence-corrected chi connectivity index (χ4v) is 2.89. The van der Waals surface area contributed by atoms with Crippen LogP contribution < -0.4 is 4.74 Å². The van der Waals surface area contributed by atoms with Crippen molar-refractivity contribution in [2.75, 3.05) is 6.54 Å². The Morgan fingerprint density at radius 2 is 2.14 bits per heavy atom. The molecule has 1 saturated heterocycles. The van der Waals surface area contributed by atoms with Crippen LogP contribution >= 0.6 is 12.2 Å². The summed E-state index contributed by atoms with van der Waals surface area (Å²) in [5.74, 6) is 1.31. The van der Waals surface area contributed by atoms with Crippen molar-refractivity contribution in [2.24, 2.45) is 0 Å². The normalized spacial score (nSPS) is 19.2. The van der Waals surface area contributed by atoms with E-state index >= 15 is 0 Å². The van der Waals surface area contributed by atoms with E-state index in [1.54, 1.807) is 4.68 Å². The van der Waals surface area contributed by atoms with Gasteiger partial charge in [-0.05, 0) is 44.1 Å². The van der Waals surface area contributed by atoms with Crippen molar-refractivity contribution in [3.8, 4) is 5.75 Å². The largest absolute Gasteiger partial charge is 0.484 e. The highest BCUT2D eigenvalue weighted by atomic mass is 32.1. The highest BCUT2D eigenvalue weighted by Crippen LogP contribution is 2.17. The van der Waals surface area contributed by atoms with Crippen LogP contribution in [0.2, 0.25) is 0 Å². The predicted molar refractivity (Wildman–Crippen MR) is 86.1 cm³/mol. The first-order chi connectivity index (χ1) is 10.7. The van der Waals surface area contributed by atoms with E-state index in [-0.39, 0.29) is 6.61 Å². The van der Waals surface area contributed by atoms with Gasteiger partial charge in [0.2, 0.25) is 0 Å². The van der Waals surface area contributed by atoms with Gasteiger partial charge in [0.1, 0.15) is 5.75 Å². The maximum absolute atomic E-state index is 5.64. The molecule has 2 heterocycles. The van der Waals surface area contributed by atoms with Crippen molar-refractivity contribution in [3.63, 3.8) is 0 Å². The monoisotopic (exact) mass is 319 g/mol. The molecule has 0 unspecified atom stereocenters. The Hall–Kier alpha value is -1.66. The first-order valence-electron chi connectivity index (χ1n) is 7.71. The van der Waals surface area contributed by atoms with Crippen molar-refractivity contribution >= 4 is 12.2 Å². The minimum atomic E-state index is 0.288. The fraction of sp³-hybridized carbons (Fsp3) is 0.500. The molecule has 1 aromatic carbocycles. The molecule has 0 spiro atoms. The summed E-state index contributed by atoms with van der Waals surface area (Å²) < 4.78 is 12.9. The number of likely N-dealkylation sites (tertiary alicyclic amines) is 1. The van der Waals surface area contributed by atoms with Crippen molar-refractivity contribution < 1.29 is 9.15 Å². The summed E-state index contributed by atoms with van der Waals surface area (Å²) in [6, 6.07) is 10.2. The van der Waals surface area contributed by atoms with Crippen LogP contribution in [0.5, 0.6) is 5.75 Å². The van der Waals surface area contributed by atoms with Gasteiger partial charge in [-0.1, -0.05) is 24.6 Å². The Balaban J connectivity index is 1.62. The van der Waals surface area contributed by atoms with Crippen LogP contribution in [0.3, 0.4) is 0 Å². The summed E-state index contributed by atoms with van der Waals surface area (Å²) in [7, 11) is 0. The molecule has 1 aliphatic rings. The molecule has 0 bridgehead atoms. The average Bonchev–Trinajstić information content (AvgIpc) is 2.89. The maximum Gasteiger partial charge on any atom is 0.288 e. The number of rotatable bonds is 5. The van der Waals surface area contributed by atoms with E-state index in [4.69, 9.17) is 21.4 Å². The summed E-state index contributed by atoms with van der Waals surface area (Å²) in [4.78, 5) is 2.80. The topological polar surface area (TPSA) is 43.4 Å². The minimum absolute atomic E-state index is 0.288. The smallest absolute Gasteiger partial charge is 0.288 e. The number of benzene rings is 1. The molecular formula is C16H21N3O2S. The third-order valence-electron chi connectivity index (χ3n) is 4.01. The van der Waals surface area contributed by atoms with Crippen molar-refractivity contribution in [2.45, 2.75) is 45.5 Å². The van der Waals surface area contributed by atoms with E-state index in [1.165, 1.54) is 19.3 Å². The van der Waals surface area contributed by atoms with E-state index < -0.39 is 0 Å². The van der Waals surface area contributed by atoms with E-state index in [9.17, 15) is 0 Å². The Kier molecular flexibility index (Phi) is 4.90. The van der Waals surface area contributed by atoms with Gasteiger partial charge in [0.05, 0.1) is 6.67 Å². The minimum Gasteiger partial charge on any atom is -0.484 e. The Labute approximate surface area is 135 Å². The lowest BCUT2D eigenvalue weighted by Gasteiger charge is -2.32. The zero-order valence-corrected chi connectivity index (χ0v) is 13.6. The Bertz CT molecular complexity index is 653. The number of para-hydroxylation sites is 1. The molecule has 0 radical (unpaired) electrons. The fourth-order valence-electron chi connectivity index (χ4n) is 2.70. The number of hydrogen-bond acceptors (Lipinski definition) is 5. The van der Waals surface area contributed by atoms with Crippen molar-refractivity contribution in [1.82, 2.24) is 14.7 Å². The molecule has 118 valence electrons. The SMILES string of the molecule is C[C@H]1CCCCN1Cn1nc(COc2ccccc2)oc1=S. The molecule has 0 amide bonds. The van der Waals surface area contributed by atoms with Gasteiger partial charge in [0.25, 0.3) is 10.7 Å². The quantitative estimate of drug-likeness (QED) is 0.788. The average molecular weight is 319 g/mol. The van der Waals surface area contributed by atoms with Gasteiger partial charge in [-0.3, -0.25) is 4.90 Å². The summed E-state index contributed by atoms with van der Waals surface area (Å²) in [5, 5.41) is 4.43. The lowest BCUT2D eigenvalue weighted by Crippen LogP contribution is -2.38. The molecule has 5 nitrogen and oxygen atoms in total. The lowest BCUT2D eigenvalue weighted by atomic mass is 10.0. The highest BCUT2D eigenvalue weighted by Gasteiger charge is 2.19. The zero-order valence-electron chi connectivity index (χ0n) is 12.8. The van der Waals surface area contributed by atoms with Crippen LogP contribution in [0.25, 0.3) is 0 Å². The number of ether oxygens (including phenoxy) is 1. The first kappa shape index (κ1) is 15.2. The molecule has 1 atom stereocenters. The summed E-state index contributed by atoms with van der Waals surface area (Å²) in [6.45, 7) is 4.32. The van der Waals surface area contributed by atoms with Gasteiger partial charge in [0, 0.05) is 12.6 Å². The molecule has 3 rings (SSSR count). The van der Waals surface area contributed by atoms with Gasteiger partial charge >= 0.3 is 0 Å². The number of nitrogens with zero attached hydrogens (tertiary/aromatic N) is 3. The molecule has 22 heavy (non-hydrogen) atoms. The van der Waals surface area contributed by atoms with E-state index in [0.717, 1.165) is 12.3 Å². The Morgan fingerprint density at radius 3 is 2.91 bits per heavy atom. The molecule has 6 heteroatoms. The summed E-state index contributed by atoms with van der Waals surface area (Å²) >= 11 is 5.26. The third kappa shape index (κ3) is 3.75. The second-order valence-electron chi connectivity index (χ2n) is 5.66. The number of hydrogen-bond donors (Lipinski definition) is 0. The van der Waals surface area contributed by atoms with Crippen LogP contribution in [-0.4, -0.2) is 27.3 Å². The lowest BCUT2D eigenvalue weighted by molar-refractivity contribution is 0.113. The van der Waals surface area contributed by atoms with Crippen molar-refractivity contribution in [1.29, 1.82) is 0 Å².